The van der Waals surface area contributed by atoms with E-state index in [1.807, 2.05) is 25.7 Å². The molecule has 0 aromatic heterocycles. The van der Waals surface area contributed by atoms with Crippen LogP contribution in [0.1, 0.15) is 41.0 Å². The molecule has 0 aromatic rings. The van der Waals surface area contributed by atoms with Crippen molar-refractivity contribution >= 4 is 5.78 Å². The van der Waals surface area contributed by atoms with Crippen molar-refractivity contribution in [3.05, 3.63) is 0 Å². The van der Waals surface area contributed by atoms with Gasteiger partial charge in [-0.15, -0.1) is 0 Å². The molecule has 0 rings (SSSR count). The van der Waals surface area contributed by atoms with Crippen molar-refractivity contribution in [3.8, 4) is 0 Å². The van der Waals surface area contributed by atoms with Crippen molar-refractivity contribution in [2.75, 3.05) is 13.1 Å². The lowest BCUT2D eigenvalue weighted by molar-refractivity contribution is -0.124. The molecule has 0 saturated carbocycles. The lowest BCUT2D eigenvalue weighted by Crippen LogP contribution is -2.46. The first-order valence-corrected chi connectivity index (χ1v) is 5.31. The fourth-order valence-electron chi connectivity index (χ4n) is 1.52. The number of nitrogens with zero attached hydrogens (tertiary/aromatic N) is 1. The van der Waals surface area contributed by atoms with Gasteiger partial charge in [0.2, 0.25) is 0 Å². The summed E-state index contributed by atoms with van der Waals surface area (Å²) in [5.74, 6) is 0.233. The number of likely N-dealkylation sites (N-methyl/N-ethyl adjacent to an activating group) is 1. The van der Waals surface area contributed by atoms with Gasteiger partial charge >= 0.3 is 0 Å². The van der Waals surface area contributed by atoms with Crippen LogP contribution < -0.4 is 0 Å². The first-order valence-electron chi connectivity index (χ1n) is 5.31. The van der Waals surface area contributed by atoms with Gasteiger partial charge in [-0.1, -0.05) is 13.8 Å². The molecule has 0 heterocycles. The average molecular weight is 201 g/mol. The molecular weight excluding hydrogens is 178 g/mol. The third kappa shape index (κ3) is 4.72. The van der Waals surface area contributed by atoms with Crippen LogP contribution in [0.25, 0.3) is 0 Å². The quantitative estimate of drug-likeness (QED) is 0.707. The van der Waals surface area contributed by atoms with Crippen molar-refractivity contribution in [2.45, 2.75) is 52.7 Å². The molecular formula is C11H23NO2. The Hall–Kier alpha value is -0.410. The summed E-state index contributed by atoms with van der Waals surface area (Å²) in [6, 6.07) is -0.0866. The predicted molar refractivity (Wildman–Crippen MR) is 58.3 cm³/mol. The van der Waals surface area contributed by atoms with E-state index in [-0.39, 0.29) is 11.8 Å². The van der Waals surface area contributed by atoms with Gasteiger partial charge in [-0.25, -0.2) is 0 Å². The molecule has 84 valence electrons. The van der Waals surface area contributed by atoms with Gasteiger partial charge < -0.3 is 5.11 Å². The summed E-state index contributed by atoms with van der Waals surface area (Å²) in [6.07, 6.45) is 0.559. The summed E-state index contributed by atoms with van der Waals surface area (Å²) in [5, 5.41) is 9.67. The number of hydrogen-bond donors (Lipinski definition) is 1. The molecule has 3 nitrogen and oxygen atoms in total. The summed E-state index contributed by atoms with van der Waals surface area (Å²) in [6.45, 7) is 10.6. The Kier molecular flexibility index (Phi) is 5.31. The number of aliphatic hydroxyl groups is 1. The smallest absolute Gasteiger partial charge is 0.149 e. The van der Waals surface area contributed by atoms with E-state index in [1.54, 1.807) is 13.8 Å². The minimum absolute atomic E-state index is 0.0866. The minimum Gasteiger partial charge on any atom is -0.389 e. The van der Waals surface area contributed by atoms with Crippen molar-refractivity contribution in [2.24, 2.45) is 0 Å². The molecule has 0 amide bonds. The van der Waals surface area contributed by atoms with Crippen LogP contribution in [-0.2, 0) is 4.79 Å². The van der Waals surface area contributed by atoms with Crippen LogP contribution in [-0.4, -0.2) is 40.5 Å². The first-order chi connectivity index (χ1) is 6.31. The Morgan fingerprint density at radius 2 is 1.93 bits per heavy atom. The van der Waals surface area contributed by atoms with Crippen molar-refractivity contribution in [3.63, 3.8) is 0 Å². The third-order valence-electron chi connectivity index (χ3n) is 2.36. The van der Waals surface area contributed by atoms with E-state index in [2.05, 4.69) is 0 Å². The van der Waals surface area contributed by atoms with Crippen LogP contribution in [0.4, 0.5) is 0 Å². The number of carbonyl (C=O) groups excluding carboxylic acids is 1. The Morgan fingerprint density at radius 1 is 1.43 bits per heavy atom. The minimum atomic E-state index is -0.738. The van der Waals surface area contributed by atoms with Crippen molar-refractivity contribution < 1.29 is 9.90 Å². The molecule has 0 aromatic carbocycles. The molecule has 0 aliphatic heterocycles. The van der Waals surface area contributed by atoms with Gasteiger partial charge in [0.15, 0.2) is 0 Å². The Morgan fingerprint density at radius 3 is 2.21 bits per heavy atom. The van der Waals surface area contributed by atoms with Gasteiger partial charge in [-0.05, 0) is 27.3 Å². The lowest BCUT2D eigenvalue weighted by atomic mass is 10.1. The highest BCUT2D eigenvalue weighted by molar-refractivity contribution is 5.83. The number of ketones is 1. The van der Waals surface area contributed by atoms with Gasteiger partial charge in [0.25, 0.3) is 0 Å². The molecule has 0 radical (unpaired) electrons. The number of carbonyl (C=O) groups is 1. The summed E-state index contributed by atoms with van der Waals surface area (Å²) in [7, 11) is 0. The van der Waals surface area contributed by atoms with Crippen molar-refractivity contribution in [1.29, 1.82) is 0 Å². The largest absolute Gasteiger partial charge is 0.389 e. The highest BCUT2D eigenvalue weighted by atomic mass is 16.3. The summed E-state index contributed by atoms with van der Waals surface area (Å²) >= 11 is 0. The summed E-state index contributed by atoms with van der Waals surface area (Å²) < 4.78 is 0. The summed E-state index contributed by atoms with van der Waals surface area (Å²) in [4.78, 5) is 13.5. The standard InChI is InChI=1S/C11H23NO2/c1-6-10(13)9(3)12(7-2)8-11(4,5)14/h9,14H,6-8H2,1-5H3. The maximum absolute atomic E-state index is 11.5. The molecule has 3 heteroatoms. The van der Waals surface area contributed by atoms with Crippen LogP contribution >= 0.6 is 0 Å². The van der Waals surface area contributed by atoms with E-state index in [1.165, 1.54) is 0 Å². The zero-order valence-electron chi connectivity index (χ0n) is 10.0. The van der Waals surface area contributed by atoms with Crippen LogP contribution in [0.15, 0.2) is 0 Å². The van der Waals surface area contributed by atoms with Gasteiger partial charge in [-0.3, -0.25) is 9.69 Å². The van der Waals surface area contributed by atoms with Gasteiger partial charge in [0.1, 0.15) is 5.78 Å². The SMILES string of the molecule is CCC(=O)C(C)N(CC)CC(C)(C)O. The van der Waals surface area contributed by atoms with Crippen LogP contribution in [0, 0.1) is 0 Å². The van der Waals surface area contributed by atoms with E-state index >= 15 is 0 Å². The predicted octanol–water partition coefficient (Wildman–Crippen LogP) is 1.45. The van der Waals surface area contributed by atoms with Crippen molar-refractivity contribution in [1.82, 2.24) is 4.90 Å². The topological polar surface area (TPSA) is 40.5 Å². The van der Waals surface area contributed by atoms with E-state index in [0.717, 1.165) is 6.54 Å². The normalized spacial score (nSPS) is 14.5. The van der Waals surface area contributed by atoms with Crippen LogP contribution in [0.3, 0.4) is 0 Å². The van der Waals surface area contributed by atoms with E-state index < -0.39 is 5.60 Å². The highest BCUT2D eigenvalue weighted by Crippen LogP contribution is 2.09. The number of hydrogen-bond acceptors (Lipinski definition) is 3. The number of Topliss-reactive ketones (excluding diaryl/α,β-unsaturated/α-hetero) is 1. The zero-order valence-corrected chi connectivity index (χ0v) is 10.0. The molecule has 0 fully saturated rings. The fraction of sp³-hybridized carbons (Fsp3) is 0.909. The Labute approximate surface area is 87.1 Å². The lowest BCUT2D eigenvalue weighted by Gasteiger charge is -2.31. The zero-order chi connectivity index (χ0) is 11.4. The monoisotopic (exact) mass is 201 g/mol. The Balaban J connectivity index is 4.33. The number of rotatable bonds is 6. The molecule has 14 heavy (non-hydrogen) atoms. The Bertz CT molecular complexity index is 184. The van der Waals surface area contributed by atoms with Gasteiger partial charge in [0, 0.05) is 13.0 Å². The summed E-state index contributed by atoms with van der Waals surface area (Å²) in [5.41, 5.74) is -0.738. The molecule has 1 unspecified atom stereocenters. The molecule has 0 saturated heterocycles. The van der Waals surface area contributed by atoms with Gasteiger partial charge in [0.05, 0.1) is 11.6 Å². The molecule has 0 spiro atoms. The second-order valence-electron chi connectivity index (χ2n) is 4.37. The highest BCUT2D eigenvalue weighted by Gasteiger charge is 2.24. The maximum atomic E-state index is 11.5. The van der Waals surface area contributed by atoms with Crippen LogP contribution in [0.5, 0.6) is 0 Å². The average Bonchev–Trinajstić information content (AvgIpc) is 2.10. The van der Waals surface area contributed by atoms with E-state index in [4.69, 9.17) is 0 Å². The van der Waals surface area contributed by atoms with E-state index in [0.29, 0.717) is 13.0 Å². The van der Waals surface area contributed by atoms with Crippen LogP contribution in [0.2, 0.25) is 0 Å². The molecule has 0 aliphatic carbocycles. The van der Waals surface area contributed by atoms with E-state index in [9.17, 15) is 9.90 Å². The second-order valence-corrected chi connectivity index (χ2v) is 4.37. The maximum Gasteiger partial charge on any atom is 0.149 e. The third-order valence-corrected chi connectivity index (χ3v) is 2.36. The fourth-order valence-corrected chi connectivity index (χ4v) is 1.52. The first kappa shape index (κ1) is 13.6. The molecule has 0 aliphatic rings. The second kappa shape index (κ2) is 5.47. The molecule has 1 N–H and O–H groups in total. The van der Waals surface area contributed by atoms with Gasteiger partial charge in [-0.2, -0.15) is 0 Å². The molecule has 1 atom stereocenters. The molecule has 0 bridgehead atoms.